The fourth-order valence-electron chi connectivity index (χ4n) is 1.33. The van der Waals surface area contributed by atoms with Crippen LogP contribution >= 0.6 is 11.6 Å². The summed E-state index contributed by atoms with van der Waals surface area (Å²) in [5.41, 5.74) is 0.336. The second-order valence-electron chi connectivity index (χ2n) is 3.00. The van der Waals surface area contributed by atoms with Gasteiger partial charge in [0.25, 0.3) is 5.78 Å². The zero-order valence-electron chi connectivity index (χ0n) is 7.40. The van der Waals surface area contributed by atoms with Crippen LogP contribution in [0.4, 0.5) is 0 Å². The average Bonchev–Trinajstić information content (AvgIpc) is 2.47. The number of cyclic esters (lactones) is 1. The molecule has 0 aromatic heterocycles. The molecule has 5 heteroatoms. The normalized spacial score (nSPS) is 20.6. The fourth-order valence-corrected chi connectivity index (χ4v) is 1.56. The van der Waals surface area contributed by atoms with Crippen molar-refractivity contribution < 1.29 is 19.1 Å². The van der Waals surface area contributed by atoms with Crippen LogP contribution < -0.4 is 0 Å². The minimum Gasteiger partial charge on any atom is -0.443 e. The van der Waals surface area contributed by atoms with E-state index in [1.807, 2.05) is 0 Å². The molecule has 76 valence electrons. The lowest BCUT2D eigenvalue weighted by atomic mass is 10.1. The van der Waals surface area contributed by atoms with Crippen molar-refractivity contribution in [1.29, 1.82) is 0 Å². The second kappa shape index (κ2) is 3.47. The van der Waals surface area contributed by atoms with Crippen LogP contribution in [-0.4, -0.2) is 17.5 Å². The molecule has 1 aromatic carbocycles. The van der Waals surface area contributed by atoms with Crippen LogP contribution in [0.15, 0.2) is 24.3 Å². The van der Waals surface area contributed by atoms with E-state index < -0.39 is 23.6 Å². The maximum atomic E-state index is 11.3. The molecule has 0 spiro atoms. The van der Waals surface area contributed by atoms with Crippen molar-refractivity contribution >= 4 is 29.1 Å². The van der Waals surface area contributed by atoms with Crippen molar-refractivity contribution in [3.05, 3.63) is 34.9 Å². The molecule has 0 radical (unpaired) electrons. The molecule has 1 fully saturated rings. The molecule has 0 saturated carbocycles. The lowest BCUT2D eigenvalue weighted by Crippen LogP contribution is -2.15. The van der Waals surface area contributed by atoms with Gasteiger partial charge in [0.2, 0.25) is 0 Å². The Hall–Kier alpha value is -1.68. The smallest absolute Gasteiger partial charge is 0.384 e. The van der Waals surface area contributed by atoms with E-state index in [4.69, 9.17) is 11.6 Å². The van der Waals surface area contributed by atoms with Gasteiger partial charge in [0, 0.05) is 10.6 Å². The van der Waals surface area contributed by atoms with Crippen LogP contribution in [0.25, 0.3) is 0 Å². The van der Waals surface area contributed by atoms with Gasteiger partial charge in [-0.25, -0.2) is 4.79 Å². The quantitative estimate of drug-likeness (QED) is 0.529. The maximum Gasteiger partial charge on any atom is 0.384 e. The van der Waals surface area contributed by atoms with Gasteiger partial charge in [-0.15, -0.1) is 0 Å². The first-order valence-corrected chi connectivity index (χ1v) is 4.52. The van der Waals surface area contributed by atoms with E-state index in [-0.39, 0.29) is 0 Å². The summed E-state index contributed by atoms with van der Waals surface area (Å²) in [6.45, 7) is 0. The van der Waals surface area contributed by atoms with Crippen molar-refractivity contribution in [3.8, 4) is 0 Å². The molecule has 2 rings (SSSR count). The van der Waals surface area contributed by atoms with E-state index >= 15 is 0 Å². The zero-order valence-corrected chi connectivity index (χ0v) is 8.15. The van der Waals surface area contributed by atoms with Gasteiger partial charge in [-0.3, -0.25) is 9.59 Å². The largest absolute Gasteiger partial charge is 0.443 e. The molecule has 1 unspecified atom stereocenters. The summed E-state index contributed by atoms with van der Waals surface area (Å²) in [6.07, 6.45) is -1.18. The Morgan fingerprint density at radius 1 is 1.13 bits per heavy atom. The summed E-state index contributed by atoms with van der Waals surface area (Å²) in [4.78, 5) is 33.1. The van der Waals surface area contributed by atoms with Gasteiger partial charge in [0.1, 0.15) is 0 Å². The van der Waals surface area contributed by atoms with Crippen molar-refractivity contribution in [2.45, 2.75) is 6.10 Å². The third kappa shape index (κ3) is 1.53. The minimum absolute atomic E-state index is 0.290. The van der Waals surface area contributed by atoms with Gasteiger partial charge in [0.05, 0.1) is 0 Å². The molecule has 0 aliphatic carbocycles. The number of benzene rings is 1. The number of hydrogen-bond acceptors (Lipinski definition) is 4. The highest BCUT2D eigenvalue weighted by atomic mass is 35.5. The topological polar surface area (TPSA) is 60.4 Å². The Bertz CT molecular complexity index is 466. The third-order valence-corrected chi connectivity index (χ3v) is 2.40. The van der Waals surface area contributed by atoms with Gasteiger partial charge in [-0.1, -0.05) is 29.8 Å². The molecule has 15 heavy (non-hydrogen) atoms. The highest BCUT2D eigenvalue weighted by molar-refractivity contribution is 6.65. The number of hydrogen-bond donors (Lipinski definition) is 0. The molecule has 1 saturated heterocycles. The Morgan fingerprint density at radius 2 is 1.80 bits per heavy atom. The van der Waals surface area contributed by atoms with Crippen LogP contribution in [0.3, 0.4) is 0 Å². The molecule has 0 amide bonds. The lowest BCUT2D eigenvalue weighted by Gasteiger charge is -2.08. The number of esters is 1. The summed E-state index contributed by atoms with van der Waals surface area (Å²) >= 11 is 5.81. The Morgan fingerprint density at radius 3 is 2.33 bits per heavy atom. The maximum absolute atomic E-state index is 11.3. The first-order valence-electron chi connectivity index (χ1n) is 4.15. The van der Waals surface area contributed by atoms with Crippen molar-refractivity contribution in [2.24, 2.45) is 0 Å². The molecule has 0 bridgehead atoms. The Balaban J connectivity index is 2.42. The van der Waals surface area contributed by atoms with Crippen molar-refractivity contribution in [1.82, 2.24) is 0 Å². The van der Waals surface area contributed by atoms with Gasteiger partial charge in [-0.05, 0) is 6.07 Å². The van der Waals surface area contributed by atoms with E-state index in [0.717, 1.165) is 0 Å². The molecule has 1 aliphatic heterocycles. The third-order valence-electron chi connectivity index (χ3n) is 2.06. The molecule has 0 N–H and O–H groups in total. The van der Waals surface area contributed by atoms with Crippen LogP contribution in [0.5, 0.6) is 0 Å². The van der Waals surface area contributed by atoms with Crippen LogP contribution in [0.2, 0.25) is 5.02 Å². The van der Waals surface area contributed by atoms with E-state index in [9.17, 15) is 14.4 Å². The monoisotopic (exact) mass is 224 g/mol. The molecule has 4 nitrogen and oxygen atoms in total. The van der Waals surface area contributed by atoms with E-state index in [1.54, 1.807) is 18.2 Å². The number of Topliss-reactive ketones (excluding diaryl/α,β-unsaturated/α-hetero) is 2. The summed E-state index contributed by atoms with van der Waals surface area (Å²) in [5.74, 6) is -3.11. The Kier molecular flexibility index (Phi) is 2.28. The number of rotatable bonds is 1. The van der Waals surface area contributed by atoms with Crippen LogP contribution in [-0.2, 0) is 19.1 Å². The first-order chi connectivity index (χ1) is 7.11. The summed E-state index contributed by atoms with van der Waals surface area (Å²) in [7, 11) is 0. The predicted octanol–water partition coefficient (Wildman–Crippen LogP) is 1.08. The first kappa shape index (κ1) is 9.86. The predicted molar refractivity (Wildman–Crippen MR) is 50.3 cm³/mol. The number of carbonyl (C=O) groups is 3. The molecule has 1 heterocycles. The Labute approximate surface area is 89.8 Å². The molecule has 1 atom stereocenters. The van der Waals surface area contributed by atoms with Gasteiger partial charge >= 0.3 is 11.8 Å². The zero-order chi connectivity index (χ0) is 11.0. The highest BCUT2D eigenvalue weighted by Crippen LogP contribution is 2.29. The minimum atomic E-state index is -1.18. The van der Waals surface area contributed by atoms with Crippen molar-refractivity contribution in [2.75, 3.05) is 0 Å². The van der Waals surface area contributed by atoms with Gasteiger partial charge < -0.3 is 4.74 Å². The van der Waals surface area contributed by atoms with Gasteiger partial charge in [0.15, 0.2) is 6.10 Å². The summed E-state index contributed by atoms with van der Waals surface area (Å²) in [5, 5.41) is 0.290. The number of ether oxygens (including phenoxy) is 1. The molecular formula is C10H5ClO4. The SMILES string of the molecule is O=C1OC(c2ccccc2Cl)C(=O)C1=O. The second-order valence-corrected chi connectivity index (χ2v) is 3.41. The van der Waals surface area contributed by atoms with Gasteiger partial charge in [-0.2, -0.15) is 0 Å². The number of ketones is 2. The number of halogens is 1. The highest BCUT2D eigenvalue weighted by Gasteiger charge is 2.43. The molecule has 1 aliphatic rings. The van der Waals surface area contributed by atoms with Crippen LogP contribution in [0, 0.1) is 0 Å². The fraction of sp³-hybridized carbons (Fsp3) is 0.100. The van der Waals surface area contributed by atoms with Crippen LogP contribution in [0.1, 0.15) is 11.7 Å². The summed E-state index contributed by atoms with van der Waals surface area (Å²) < 4.78 is 4.63. The van der Waals surface area contributed by atoms with E-state index in [1.165, 1.54) is 6.07 Å². The molecular weight excluding hydrogens is 220 g/mol. The standard InChI is InChI=1S/C10H5ClO4/c11-6-4-2-1-3-5(6)9-7(12)8(13)10(14)15-9/h1-4,9H. The molecule has 1 aromatic rings. The van der Waals surface area contributed by atoms with E-state index in [0.29, 0.717) is 10.6 Å². The van der Waals surface area contributed by atoms with E-state index in [2.05, 4.69) is 4.74 Å². The lowest BCUT2D eigenvalue weighted by molar-refractivity contribution is -0.149. The summed E-state index contributed by atoms with van der Waals surface area (Å²) in [6, 6.07) is 6.41. The average molecular weight is 225 g/mol. The number of carbonyl (C=O) groups excluding carboxylic acids is 3. The van der Waals surface area contributed by atoms with Crippen molar-refractivity contribution in [3.63, 3.8) is 0 Å².